The van der Waals surface area contributed by atoms with Crippen molar-refractivity contribution in [1.82, 2.24) is 0 Å². The average molecular weight is 304 g/mol. The SMILES string of the molecule is CCOc1cc(C=O)cc(I)c1C=O. The summed E-state index contributed by atoms with van der Waals surface area (Å²) in [6, 6.07) is 3.22. The highest BCUT2D eigenvalue weighted by Crippen LogP contribution is 2.24. The first-order valence-corrected chi connectivity index (χ1v) is 5.17. The molecule has 0 heterocycles. The van der Waals surface area contributed by atoms with E-state index < -0.39 is 0 Å². The Morgan fingerprint density at radius 1 is 1.36 bits per heavy atom. The number of halogens is 1. The van der Waals surface area contributed by atoms with Crippen molar-refractivity contribution < 1.29 is 14.3 Å². The predicted molar refractivity (Wildman–Crippen MR) is 61.1 cm³/mol. The van der Waals surface area contributed by atoms with E-state index in [0.717, 1.165) is 16.1 Å². The maximum absolute atomic E-state index is 10.7. The molecule has 4 heteroatoms. The van der Waals surface area contributed by atoms with Gasteiger partial charge in [-0.1, -0.05) is 0 Å². The van der Waals surface area contributed by atoms with E-state index in [0.29, 0.717) is 23.5 Å². The number of hydrogen-bond acceptors (Lipinski definition) is 3. The summed E-state index contributed by atoms with van der Waals surface area (Å²) in [5.74, 6) is 0.469. The second-order valence-corrected chi connectivity index (χ2v) is 3.75. The minimum atomic E-state index is 0.469. The Morgan fingerprint density at radius 2 is 2.07 bits per heavy atom. The van der Waals surface area contributed by atoms with Gasteiger partial charge in [0.05, 0.1) is 12.2 Å². The first kappa shape index (κ1) is 11.2. The van der Waals surface area contributed by atoms with E-state index in [1.54, 1.807) is 12.1 Å². The van der Waals surface area contributed by atoms with Gasteiger partial charge in [-0.25, -0.2) is 0 Å². The van der Waals surface area contributed by atoms with Gasteiger partial charge in [0.15, 0.2) is 6.29 Å². The van der Waals surface area contributed by atoms with Gasteiger partial charge >= 0.3 is 0 Å². The van der Waals surface area contributed by atoms with Crippen molar-refractivity contribution in [2.75, 3.05) is 6.61 Å². The Labute approximate surface area is 95.6 Å². The summed E-state index contributed by atoms with van der Waals surface area (Å²) in [5.41, 5.74) is 1.02. The van der Waals surface area contributed by atoms with E-state index >= 15 is 0 Å². The summed E-state index contributed by atoms with van der Waals surface area (Å²) in [4.78, 5) is 21.3. The average Bonchev–Trinajstić information content (AvgIpc) is 2.18. The molecule has 0 aliphatic rings. The molecule has 0 unspecified atom stereocenters. The Morgan fingerprint density at radius 3 is 2.57 bits per heavy atom. The normalized spacial score (nSPS) is 9.57. The summed E-state index contributed by atoms with van der Waals surface area (Å²) in [7, 11) is 0. The Bertz CT molecular complexity index is 361. The van der Waals surface area contributed by atoms with Gasteiger partial charge < -0.3 is 4.74 Å². The molecule has 0 radical (unpaired) electrons. The molecule has 0 aromatic heterocycles. The van der Waals surface area contributed by atoms with Crippen LogP contribution in [0, 0.1) is 3.57 Å². The number of hydrogen-bond donors (Lipinski definition) is 0. The Kier molecular flexibility index (Phi) is 4.06. The number of carbonyl (C=O) groups is 2. The monoisotopic (exact) mass is 304 g/mol. The molecule has 0 spiro atoms. The van der Waals surface area contributed by atoms with Crippen molar-refractivity contribution in [2.24, 2.45) is 0 Å². The van der Waals surface area contributed by atoms with Gasteiger partial charge in [0, 0.05) is 9.13 Å². The lowest BCUT2D eigenvalue weighted by atomic mass is 10.1. The van der Waals surface area contributed by atoms with E-state index in [1.807, 2.05) is 29.5 Å². The molecule has 0 atom stereocenters. The smallest absolute Gasteiger partial charge is 0.154 e. The van der Waals surface area contributed by atoms with Crippen LogP contribution in [-0.4, -0.2) is 19.2 Å². The number of rotatable bonds is 4. The summed E-state index contributed by atoms with van der Waals surface area (Å²) in [6.07, 6.45) is 1.47. The van der Waals surface area contributed by atoms with Gasteiger partial charge in [-0.15, -0.1) is 0 Å². The molecule has 1 aromatic rings. The van der Waals surface area contributed by atoms with Crippen molar-refractivity contribution in [3.05, 3.63) is 26.8 Å². The Hall–Kier alpha value is -0.910. The van der Waals surface area contributed by atoms with Crippen molar-refractivity contribution in [3.8, 4) is 5.75 Å². The summed E-state index contributed by atoms with van der Waals surface area (Å²) in [5, 5.41) is 0. The molecule has 0 fully saturated rings. The number of carbonyl (C=O) groups excluding carboxylic acids is 2. The zero-order valence-corrected chi connectivity index (χ0v) is 9.78. The molecule has 1 aromatic carbocycles. The molecule has 0 aliphatic carbocycles. The number of aldehydes is 2. The maximum Gasteiger partial charge on any atom is 0.154 e. The highest BCUT2D eigenvalue weighted by Gasteiger charge is 2.08. The standard InChI is InChI=1S/C10H9IO3/c1-2-14-10-4-7(5-12)3-9(11)8(10)6-13/h3-6H,2H2,1H3. The molecule has 0 amide bonds. The van der Waals surface area contributed by atoms with Crippen LogP contribution in [0.3, 0.4) is 0 Å². The lowest BCUT2D eigenvalue weighted by Crippen LogP contribution is -1.99. The molecule has 0 bridgehead atoms. The lowest BCUT2D eigenvalue weighted by Gasteiger charge is -2.08. The highest BCUT2D eigenvalue weighted by molar-refractivity contribution is 14.1. The fourth-order valence-electron chi connectivity index (χ4n) is 1.07. The quantitative estimate of drug-likeness (QED) is 0.633. The minimum absolute atomic E-state index is 0.469. The van der Waals surface area contributed by atoms with Crippen LogP contribution in [0.5, 0.6) is 5.75 Å². The van der Waals surface area contributed by atoms with Gasteiger partial charge in [0.1, 0.15) is 12.0 Å². The van der Waals surface area contributed by atoms with E-state index in [-0.39, 0.29) is 0 Å². The summed E-state index contributed by atoms with van der Waals surface area (Å²) >= 11 is 2.00. The van der Waals surface area contributed by atoms with Crippen molar-refractivity contribution in [1.29, 1.82) is 0 Å². The van der Waals surface area contributed by atoms with E-state index in [1.165, 1.54) is 0 Å². The molecule has 3 nitrogen and oxygen atoms in total. The molecule has 0 N–H and O–H groups in total. The maximum atomic E-state index is 10.7. The molecular formula is C10H9IO3. The van der Waals surface area contributed by atoms with Crippen LogP contribution < -0.4 is 4.74 Å². The molecular weight excluding hydrogens is 295 g/mol. The third kappa shape index (κ3) is 2.31. The first-order valence-electron chi connectivity index (χ1n) is 4.09. The summed E-state index contributed by atoms with van der Waals surface area (Å²) in [6.45, 7) is 2.30. The first-order chi connectivity index (χ1) is 6.72. The second-order valence-electron chi connectivity index (χ2n) is 2.58. The van der Waals surface area contributed by atoms with Crippen LogP contribution in [0.25, 0.3) is 0 Å². The highest BCUT2D eigenvalue weighted by atomic mass is 127. The molecule has 14 heavy (non-hydrogen) atoms. The van der Waals surface area contributed by atoms with Crippen molar-refractivity contribution in [2.45, 2.75) is 6.92 Å². The van der Waals surface area contributed by atoms with Gasteiger partial charge in [-0.3, -0.25) is 9.59 Å². The van der Waals surface area contributed by atoms with Gasteiger partial charge in [0.25, 0.3) is 0 Å². The predicted octanol–water partition coefficient (Wildman–Crippen LogP) is 2.31. The molecule has 0 saturated carbocycles. The molecule has 74 valence electrons. The number of ether oxygens (including phenoxy) is 1. The minimum Gasteiger partial charge on any atom is -0.493 e. The van der Waals surface area contributed by atoms with Crippen LogP contribution in [0.1, 0.15) is 27.6 Å². The van der Waals surface area contributed by atoms with Gasteiger partial charge in [-0.2, -0.15) is 0 Å². The van der Waals surface area contributed by atoms with Crippen LogP contribution >= 0.6 is 22.6 Å². The lowest BCUT2D eigenvalue weighted by molar-refractivity contribution is 0.110. The van der Waals surface area contributed by atoms with E-state index in [2.05, 4.69) is 0 Å². The topological polar surface area (TPSA) is 43.4 Å². The van der Waals surface area contributed by atoms with Crippen LogP contribution in [0.15, 0.2) is 12.1 Å². The fourth-order valence-corrected chi connectivity index (χ4v) is 1.82. The van der Waals surface area contributed by atoms with Crippen LogP contribution in [0.2, 0.25) is 0 Å². The van der Waals surface area contributed by atoms with Crippen molar-refractivity contribution >= 4 is 35.2 Å². The molecule has 1 rings (SSSR count). The molecule has 0 aliphatic heterocycles. The van der Waals surface area contributed by atoms with Crippen LogP contribution in [0.4, 0.5) is 0 Å². The number of benzene rings is 1. The third-order valence-corrected chi connectivity index (χ3v) is 2.56. The van der Waals surface area contributed by atoms with Crippen LogP contribution in [-0.2, 0) is 0 Å². The molecule has 0 saturated heterocycles. The Balaban J connectivity index is 3.27. The van der Waals surface area contributed by atoms with Gasteiger partial charge in [-0.05, 0) is 41.6 Å². The van der Waals surface area contributed by atoms with Gasteiger partial charge in [0.2, 0.25) is 0 Å². The van der Waals surface area contributed by atoms with E-state index in [4.69, 9.17) is 4.74 Å². The third-order valence-electron chi connectivity index (χ3n) is 1.67. The fraction of sp³-hybridized carbons (Fsp3) is 0.200. The summed E-state index contributed by atoms with van der Waals surface area (Å²) < 4.78 is 5.98. The van der Waals surface area contributed by atoms with Crippen molar-refractivity contribution in [3.63, 3.8) is 0 Å². The van der Waals surface area contributed by atoms with E-state index in [9.17, 15) is 9.59 Å². The second kappa shape index (κ2) is 5.09. The largest absolute Gasteiger partial charge is 0.493 e. The zero-order valence-electron chi connectivity index (χ0n) is 7.62. The zero-order chi connectivity index (χ0) is 10.6.